The molecule has 1 aromatic heterocycles. The highest BCUT2D eigenvalue weighted by Crippen LogP contribution is 2.22. The molecule has 0 bridgehead atoms. The first-order valence-electron chi connectivity index (χ1n) is 4.20. The van der Waals surface area contributed by atoms with Gasteiger partial charge in [-0.05, 0) is 12.1 Å². The fourth-order valence-corrected chi connectivity index (χ4v) is 1.62. The van der Waals surface area contributed by atoms with Gasteiger partial charge in [0.2, 0.25) is 0 Å². The number of Topliss-reactive ketones (excluding diaryl/α,β-unsaturated/α-hetero) is 1. The fourth-order valence-electron chi connectivity index (χ4n) is 0.890. The van der Waals surface area contributed by atoms with Gasteiger partial charge in [-0.15, -0.1) is 0 Å². The first kappa shape index (κ1) is 11.3. The van der Waals surface area contributed by atoms with Crippen molar-refractivity contribution in [3.8, 4) is 0 Å². The van der Waals surface area contributed by atoms with E-state index in [9.17, 15) is 4.79 Å². The number of hydrogen-bond acceptors (Lipinski definition) is 5. The third-order valence-corrected chi connectivity index (χ3v) is 2.34. The molecule has 5 heteroatoms. The van der Waals surface area contributed by atoms with Crippen LogP contribution in [0, 0.1) is 0 Å². The van der Waals surface area contributed by atoms with Gasteiger partial charge in [0.15, 0.2) is 17.2 Å². The Hall–Kier alpha value is -1.75. The second-order valence-corrected chi connectivity index (χ2v) is 3.81. The Labute approximate surface area is 90.7 Å². The zero-order chi connectivity index (χ0) is 11.3. The quantitative estimate of drug-likeness (QED) is 0.588. The molecule has 0 unspecified atom stereocenters. The van der Waals surface area contributed by atoms with Gasteiger partial charge in [0, 0.05) is 6.92 Å². The summed E-state index contributed by atoms with van der Waals surface area (Å²) < 4.78 is 1.15. The number of fused-ring (bicyclic) bond motifs is 1. The maximum atomic E-state index is 9.44. The van der Waals surface area contributed by atoms with Gasteiger partial charge in [-0.3, -0.25) is 9.59 Å². The summed E-state index contributed by atoms with van der Waals surface area (Å²) in [6, 6.07) is 7.92. The van der Waals surface area contributed by atoms with E-state index in [0.29, 0.717) is 5.13 Å². The number of hydrogen-bond donors (Lipinski definition) is 1. The first-order chi connectivity index (χ1) is 7.13. The van der Waals surface area contributed by atoms with Gasteiger partial charge in [0.25, 0.3) is 0 Å². The van der Waals surface area contributed by atoms with Crippen molar-refractivity contribution >= 4 is 38.8 Å². The minimum absolute atomic E-state index is 0.278. The molecule has 15 heavy (non-hydrogen) atoms. The molecule has 0 aliphatic heterocycles. The summed E-state index contributed by atoms with van der Waals surface area (Å²) in [7, 11) is 0. The second-order valence-electron chi connectivity index (χ2n) is 2.75. The van der Waals surface area contributed by atoms with Crippen LogP contribution in [0.3, 0.4) is 0 Å². The largest absolute Gasteiger partial charge is 0.375 e. The van der Waals surface area contributed by atoms with Crippen LogP contribution in [0.4, 0.5) is 5.13 Å². The number of para-hydroxylation sites is 1. The molecule has 0 spiro atoms. The third-order valence-electron chi connectivity index (χ3n) is 1.48. The molecule has 0 atom stereocenters. The Kier molecular flexibility index (Phi) is 3.93. The molecule has 0 radical (unpaired) electrons. The lowest BCUT2D eigenvalue weighted by molar-refractivity contribution is -0.128. The van der Waals surface area contributed by atoms with E-state index in [0.717, 1.165) is 10.2 Å². The molecule has 0 aliphatic carbocycles. The zero-order valence-electron chi connectivity index (χ0n) is 8.14. The van der Waals surface area contributed by atoms with E-state index in [1.165, 1.54) is 18.3 Å². The van der Waals surface area contributed by atoms with E-state index < -0.39 is 5.78 Å². The average Bonchev–Trinajstić information content (AvgIpc) is 2.58. The maximum absolute atomic E-state index is 9.44. The molecular weight excluding hydrogens is 212 g/mol. The number of thiazole rings is 1. The number of aromatic nitrogens is 1. The van der Waals surface area contributed by atoms with Crippen molar-refractivity contribution in [2.75, 3.05) is 5.73 Å². The van der Waals surface area contributed by atoms with Crippen LogP contribution >= 0.6 is 11.3 Å². The summed E-state index contributed by atoms with van der Waals surface area (Å²) in [6.45, 7) is 1.22. The summed E-state index contributed by atoms with van der Waals surface area (Å²) in [5.74, 6) is -0.426. The van der Waals surface area contributed by atoms with Gasteiger partial charge < -0.3 is 5.73 Å². The smallest absolute Gasteiger partial charge is 0.192 e. The monoisotopic (exact) mass is 222 g/mol. The highest BCUT2D eigenvalue weighted by atomic mass is 32.1. The van der Waals surface area contributed by atoms with Gasteiger partial charge in [0.05, 0.1) is 10.2 Å². The van der Waals surface area contributed by atoms with E-state index >= 15 is 0 Å². The Balaban J connectivity index is 0.000000195. The summed E-state index contributed by atoms with van der Waals surface area (Å²) >= 11 is 1.52. The molecule has 0 amide bonds. The van der Waals surface area contributed by atoms with Crippen molar-refractivity contribution in [2.24, 2.45) is 0 Å². The second kappa shape index (κ2) is 5.21. The van der Waals surface area contributed by atoms with Gasteiger partial charge in [-0.2, -0.15) is 0 Å². The third kappa shape index (κ3) is 3.47. The Morgan fingerprint density at radius 2 is 2.07 bits per heavy atom. The SMILES string of the molecule is CC(=O)C=O.Nc1nc2ccccc2s1. The van der Waals surface area contributed by atoms with E-state index in [1.54, 1.807) is 0 Å². The van der Waals surface area contributed by atoms with Gasteiger partial charge >= 0.3 is 0 Å². The highest BCUT2D eigenvalue weighted by molar-refractivity contribution is 7.22. The van der Waals surface area contributed by atoms with E-state index in [4.69, 9.17) is 10.5 Å². The van der Waals surface area contributed by atoms with Crippen molar-refractivity contribution in [1.82, 2.24) is 4.98 Å². The lowest BCUT2D eigenvalue weighted by atomic mass is 10.3. The molecule has 4 nitrogen and oxygen atoms in total. The van der Waals surface area contributed by atoms with Crippen LogP contribution in [0.2, 0.25) is 0 Å². The number of nitrogens with zero attached hydrogens (tertiary/aromatic N) is 1. The fraction of sp³-hybridized carbons (Fsp3) is 0.100. The molecule has 2 aromatic rings. The predicted molar refractivity (Wildman–Crippen MR) is 60.8 cm³/mol. The molecule has 0 saturated heterocycles. The molecule has 2 rings (SSSR count). The molecule has 0 fully saturated rings. The molecule has 1 aromatic carbocycles. The summed E-state index contributed by atoms with van der Waals surface area (Å²) in [5, 5.41) is 0.640. The van der Waals surface area contributed by atoms with E-state index in [-0.39, 0.29) is 6.29 Å². The van der Waals surface area contributed by atoms with Crippen LogP contribution < -0.4 is 5.73 Å². The summed E-state index contributed by atoms with van der Waals surface area (Å²) in [5.41, 5.74) is 6.49. The summed E-state index contributed by atoms with van der Waals surface area (Å²) in [4.78, 5) is 22.7. The van der Waals surface area contributed by atoms with Crippen LogP contribution in [0.5, 0.6) is 0 Å². The lowest BCUT2D eigenvalue weighted by Crippen LogP contribution is -1.85. The highest BCUT2D eigenvalue weighted by Gasteiger charge is 1.96. The Morgan fingerprint density at radius 3 is 2.60 bits per heavy atom. The maximum Gasteiger partial charge on any atom is 0.192 e. The Morgan fingerprint density at radius 1 is 1.47 bits per heavy atom. The Bertz CT molecular complexity index is 446. The van der Waals surface area contributed by atoms with Crippen molar-refractivity contribution in [3.05, 3.63) is 24.3 Å². The van der Waals surface area contributed by atoms with Crippen molar-refractivity contribution in [2.45, 2.75) is 6.92 Å². The number of aldehydes is 1. The molecule has 1 heterocycles. The molecule has 0 aliphatic rings. The standard InChI is InChI=1S/C7H6N2S.C3H4O2/c8-7-9-5-3-1-2-4-6(5)10-7;1-3(5)2-4/h1-4H,(H2,8,9);2H,1H3. The number of anilines is 1. The molecule has 0 saturated carbocycles. The predicted octanol–water partition coefficient (Wildman–Crippen LogP) is 1.65. The number of nitrogens with two attached hydrogens (primary N) is 1. The minimum Gasteiger partial charge on any atom is -0.375 e. The number of carbonyl (C=O) groups is 2. The van der Waals surface area contributed by atoms with Crippen LogP contribution in [-0.4, -0.2) is 17.1 Å². The van der Waals surface area contributed by atoms with Crippen molar-refractivity contribution in [3.63, 3.8) is 0 Å². The van der Waals surface area contributed by atoms with Crippen molar-refractivity contribution in [1.29, 1.82) is 0 Å². The van der Waals surface area contributed by atoms with E-state index in [1.807, 2.05) is 24.3 Å². The van der Waals surface area contributed by atoms with Crippen LogP contribution in [-0.2, 0) is 9.59 Å². The molecule has 78 valence electrons. The van der Waals surface area contributed by atoms with Crippen LogP contribution in [0.25, 0.3) is 10.2 Å². The molecular formula is C10H10N2O2S. The number of benzene rings is 1. The first-order valence-corrected chi connectivity index (χ1v) is 5.02. The van der Waals surface area contributed by atoms with E-state index in [2.05, 4.69) is 4.98 Å². The van der Waals surface area contributed by atoms with Gasteiger partial charge in [-0.1, -0.05) is 23.5 Å². The van der Waals surface area contributed by atoms with Crippen LogP contribution in [0.15, 0.2) is 24.3 Å². The lowest BCUT2D eigenvalue weighted by Gasteiger charge is -1.80. The minimum atomic E-state index is -0.426. The number of carbonyl (C=O) groups excluding carboxylic acids is 2. The number of rotatable bonds is 1. The average molecular weight is 222 g/mol. The van der Waals surface area contributed by atoms with Crippen molar-refractivity contribution < 1.29 is 9.59 Å². The summed E-state index contributed by atoms with van der Waals surface area (Å²) in [6.07, 6.45) is 0.278. The topological polar surface area (TPSA) is 73.0 Å². The molecule has 2 N–H and O–H groups in total. The number of ketones is 1. The van der Waals surface area contributed by atoms with Crippen LogP contribution in [0.1, 0.15) is 6.92 Å². The zero-order valence-corrected chi connectivity index (χ0v) is 8.95. The van der Waals surface area contributed by atoms with Gasteiger partial charge in [-0.25, -0.2) is 4.98 Å². The van der Waals surface area contributed by atoms with Gasteiger partial charge in [0.1, 0.15) is 0 Å². The normalized spacial score (nSPS) is 9.13. The number of nitrogen functional groups attached to an aromatic ring is 1.